The van der Waals surface area contributed by atoms with Gasteiger partial charge in [-0.1, -0.05) is 22.8 Å². The molecule has 1 N–H and O–H groups in total. The van der Waals surface area contributed by atoms with Crippen LogP contribution in [0.1, 0.15) is 29.0 Å². The minimum Gasteiger partial charge on any atom is -0.408 e. The van der Waals surface area contributed by atoms with Crippen LogP contribution in [0.2, 0.25) is 5.15 Å². The van der Waals surface area contributed by atoms with Gasteiger partial charge in [-0.15, -0.1) is 5.10 Å². The average Bonchev–Trinajstić information content (AvgIpc) is 3.32. The molecule has 0 radical (unpaired) electrons. The smallest absolute Gasteiger partial charge is 0.319 e. The van der Waals surface area contributed by atoms with Gasteiger partial charge in [0.25, 0.3) is 0 Å². The molecule has 4 aromatic rings. The van der Waals surface area contributed by atoms with Crippen molar-refractivity contribution < 1.29 is 4.42 Å². The van der Waals surface area contributed by atoms with Gasteiger partial charge in [0.1, 0.15) is 11.2 Å². The van der Waals surface area contributed by atoms with Gasteiger partial charge in [0.15, 0.2) is 0 Å². The summed E-state index contributed by atoms with van der Waals surface area (Å²) in [4.78, 5) is 9.78. The van der Waals surface area contributed by atoms with Crippen LogP contribution in [0, 0.1) is 6.92 Å². The first-order valence-corrected chi connectivity index (χ1v) is 8.31. The van der Waals surface area contributed by atoms with Crippen LogP contribution in [-0.4, -0.2) is 36.3 Å². The summed E-state index contributed by atoms with van der Waals surface area (Å²) in [6.07, 6.45) is 2.53. The number of anilines is 1. The van der Waals surface area contributed by atoms with Crippen molar-refractivity contribution in [3.63, 3.8) is 0 Å². The fraction of sp³-hybridized carbons (Fsp3) is 0.250. The lowest BCUT2D eigenvalue weighted by Gasteiger charge is -2.32. The van der Waals surface area contributed by atoms with Crippen LogP contribution in [-0.2, 0) is 6.42 Å². The number of fused-ring (bicyclic) bond motifs is 2. The Balaban J connectivity index is 1.69. The van der Waals surface area contributed by atoms with Gasteiger partial charge in [-0.3, -0.25) is 0 Å². The van der Waals surface area contributed by atoms with Gasteiger partial charge in [-0.2, -0.15) is 5.10 Å². The molecule has 0 saturated carbocycles. The summed E-state index contributed by atoms with van der Waals surface area (Å²) in [5.74, 6) is 0.527. The Morgan fingerprint density at radius 3 is 3.04 bits per heavy atom. The van der Waals surface area contributed by atoms with Crippen molar-refractivity contribution in [2.24, 2.45) is 0 Å². The lowest BCUT2D eigenvalue weighted by molar-refractivity contribution is 0.477. The normalized spacial score (nSPS) is 17.2. The van der Waals surface area contributed by atoms with Crippen molar-refractivity contribution in [1.82, 2.24) is 29.8 Å². The lowest BCUT2D eigenvalue weighted by atomic mass is 10.0. The first-order valence-electron chi connectivity index (χ1n) is 7.94. The van der Waals surface area contributed by atoms with Crippen molar-refractivity contribution >= 4 is 23.1 Å². The largest absolute Gasteiger partial charge is 0.408 e. The molecule has 4 aromatic heterocycles. The monoisotopic (exact) mass is 355 g/mol. The second-order valence-electron chi connectivity index (χ2n) is 5.97. The molecule has 126 valence electrons. The summed E-state index contributed by atoms with van der Waals surface area (Å²) in [7, 11) is 0. The minimum absolute atomic E-state index is 0.217. The third kappa shape index (κ3) is 2.21. The van der Waals surface area contributed by atoms with Crippen LogP contribution in [0.5, 0.6) is 0 Å². The van der Waals surface area contributed by atoms with Crippen LogP contribution in [0.25, 0.3) is 5.52 Å². The molecule has 25 heavy (non-hydrogen) atoms. The number of nitrogens with one attached hydrogen (secondary N) is 1. The fourth-order valence-electron chi connectivity index (χ4n) is 3.32. The number of hydrogen-bond acceptors (Lipinski definition) is 6. The number of halogens is 1. The molecule has 0 saturated heterocycles. The zero-order chi connectivity index (χ0) is 17.0. The van der Waals surface area contributed by atoms with E-state index in [2.05, 4.69) is 20.2 Å². The van der Waals surface area contributed by atoms with E-state index in [0.29, 0.717) is 17.1 Å². The summed E-state index contributed by atoms with van der Waals surface area (Å²) in [6.45, 7) is 2.50. The van der Waals surface area contributed by atoms with Crippen LogP contribution >= 0.6 is 11.6 Å². The van der Waals surface area contributed by atoms with Crippen molar-refractivity contribution in [2.75, 3.05) is 11.4 Å². The highest BCUT2D eigenvalue weighted by atomic mass is 35.5. The van der Waals surface area contributed by atoms with Crippen molar-refractivity contribution in [1.29, 1.82) is 0 Å². The number of hydrogen-bond donors (Lipinski definition) is 1. The van der Waals surface area contributed by atoms with E-state index in [1.165, 1.54) is 0 Å². The molecule has 1 atom stereocenters. The Morgan fingerprint density at radius 2 is 2.24 bits per heavy atom. The molecule has 0 bridgehead atoms. The second kappa shape index (κ2) is 5.32. The first-order chi connectivity index (χ1) is 12.2. The lowest BCUT2D eigenvalue weighted by Crippen LogP contribution is -2.36. The number of aryl methyl sites for hydroxylation is 1. The van der Waals surface area contributed by atoms with E-state index in [0.717, 1.165) is 35.6 Å². The SMILES string of the molecule is Cc1nnc(N2CCc3[nH]cnc3C2c2cc3cccc(Cl)n3n2)o1. The molecule has 5 rings (SSSR count). The zero-order valence-electron chi connectivity index (χ0n) is 13.3. The van der Waals surface area contributed by atoms with E-state index in [-0.39, 0.29) is 6.04 Å². The molecular formula is C16H14ClN7O. The molecule has 9 heteroatoms. The molecule has 0 fully saturated rings. The molecule has 8 nitrogen and oxygen atoms in total. The van der Waals surface area contributed by atoms with Crippen molar-refractivity contribution in [2.45, 2.75) is 19.4 Å². The Labute approximate surface area is 147 Å². The third-order valence-electron chi connectivity index (χ3n) is 4.43. The third-order valence-corrected chi connectivity index (χ3v) is 4.71. The number of imidazole rings is 1. The minimum atomic E-state index is -0.217. The maximum absolute atomic E-state index is 6.27. The second-order valence-corrected chi connectivity index (χ2v) is 6.36. The van der Waals surface area contributed by atoms with Crippen molar-refractivity contribution in [3.05, 3.63) is 58.7 Å². The summed E-state index contributed by atoms with van der Waals surface area (Å²) < 4.78 is 7.39. The van der Waals surface area contributed by atoms with Gasteiger partial charge in [0, 0.05) is 25.6 Å². The van der Waals surface area contributed by atoms with Crippen LogP contribution in [0.15, 0.2) is 35.0 Å². The van der Waals surface area contributed by atoms with Crippen LogP contribution in [0.3, 0.4) is 0 Å². The van der Waals surface area contributed by atoms with Gasteiger partial charge >= 0.3 is 6.01 Å². The first kappa shape index (κ1) is 14.5. The highest BCUT2D eigenvalue weighted by Gasteiger charge is 2.35. The Bertz CT molecular complexity index is 1070. The summed E-state index contributed by atoms with van der Waals surface area (Å²) >= 11 is 6.27. The molecule has 0 amide bonds. The number of rotatable bonds is 2. The quantitative estimate of drug-likeness (QED) is 0.556. The molecule has 0 spiro atoms. The van der Waals surface area contributed by atoms with E-state index in [1.807, 2.05) is 29.2 Å². The zero-order valence-corrected chi connectivity index (χ0v) is 14.1. The van der Waals surface area contributed by atoms with Crippen LogP contribution in [0.4, 0.5) is 6.01 Å². The molecule has 1 aliphatic heterocycles. The Hall–Kier alpha value is -2.87. The topological polar surface area (TPSA) is 88.1 Å². The molecule has 1 aliphatic rings. The number of aromatic nitrogens is 6. The van der Waals surface area contributed by atoms with E-state index < -0.39 is 0 Å². The van der Waals surface area contributed by atoms with Gasteiger partial charge < -0.3 is 14.3 Å². The van der Waals surface area contributed by atoms with Crippen molar-refractivity contribution in [3.8, 4) is 0 Å². The van der Waals surface area contributed by atoms with E-state index in [9.17, 15) is 0 Å². The van der Waals surface area contributed by atoms with Gasteiger partial charge in [0.2, 0.25) is 5.89 Å². The van der Waals surface area contributed by atoms with E-state index in [1.54, 1.807) is 17.8 Å². The van der Waals surface area contributed by atoms with Gasteiger partial charge in [-0.05, 0) is 18.2 Å². The summed E-state index contributed by atoms with van der Waals surface area (Å²) in [6, 6.07) is 7.95. The number of nitrogens with zero attached hydrogens (tertiary/aromatic N) is 6. The molecule has 5 heterocycles. The maximum atomic E-state index is 6.27. The summed E-state index contributed by atoms with van der Waals surface area (Å²) in [5.41, 5.74) is 3.77. The predicted octanol–water partition coefficient (Wildman–Crippen LogP) is 2.55. The number of H-pyrrole nitrogens is 1. The number of aromatic amines is 1. The van der Waals surface area contributed by atoms with E-state index >= 15 is 0 Å². The van der Waals surface area contributed by atoms with Gasteiger partial charge in [0.05, 0.1) is 23.2 Å². The Morgan fingerprint density at radius 1 is 1.32 bits per heavy atom. The maximum Gasteiger partial charge on any atom is 0.319 e. The molecule has 1 unspecified atom stereocenters. The predicted molar refractivity (Wildman–Crippen MR) is 90.7 cm³/mol. The van der Waals surface area contributed by atoms with Crippen LogP contribution < -0.4 is 4.90 Å². The highest BCUT2D eigenvalue weighted by Crippen LogP contribution is 2.36. The Kier molecular flexibility index (Phi) is 3.08. The highest BCUT2D eigenvalue weighted by molar-refractivity contribution is 6.29. The standard InChI is InChI=1S/C16H14ClN7O/c1-9-20-21-16(25-9)23-6-5-11-14(19-8-18-11)15(23)12-7-10-3-2-4-13(17)24(10)22-12/h2-4,7-8,15H,5-6H2,1H3,(H,18,19). The van der Waals surface area contributed by atoms with E-state index in [4.69, 9.17) is 21.1 Å². The summed E-state index contributed by atoms with van der Waals surface area (Å²) in [5, 5.41) is 13.4. The molecular weight excluding hydrogens is 342 g/mol. The molecule has 0 aromatic carbocycles. The fourth-order valence-corrected chi connectivity index (χ4v) is 3.53. The average molecular weight is 356 g/mol. The molecule has 0 aliphatic carbocycles. The van der Waals surface area contributed by atoms with Gasteiger partial charge in [-0.25, -0.2) is 9.50 Å². The number of pyridine rings is 1.